The maximum Gasteiger partial charge on any atom is 0.410 e. The number of nitrogens with two attached hydrogens (primary N) is 1. The number of primary amides is 1. The van der Waals surface area contributed by atoms with Crippen LogP contribution < -0.4 is 20.1 Å². The second-order valence-electron chi connectivity index (χ2n) is 13.4. The molecule has 10 nitrogen and oxygen atoms in total. The van der Waals surface area contributed by atoms with Crippen molar-refractivity contribution >= 4 is 23.7 Å². The number of rotatable bonds is 16. The summed E-state index contributed by atoms with van der Waals surface area (Å²) in [6, 6.07) is 11.1. The molecule has 248 valence electrons. The van der Waals surface area contributed by atoms with Crippen molar-refractivity contribution in [2.75, 3.05) is 37.7 Å². The molecule has 1 aliphatic heterocycles. The van der Waals surface area contributed by atoms with Crippen LogP contribution in [0.5, 0.6) is 11.5 Å². The summed E-state index contributed by atoms with van der Waals surface area (Å²) in [5, 5.41) is 9.40. The molecular formula is C35H51N3O7. The molecule has 10 heteroatoms. The predicted molar refractivity (Wildman–Crippen MR) is 175 cm³/mol. The number of carboxylic acid groups (broad SMARTS) is 1. The molecule has 1 heterocycles. The number of carboxylic acids is 1. The number of ether oxygens (including phenoxy) is 3. The van der Waals surface area contributed by atoms with Gasteiger partial charge in [-0.05, 0) is 103 Å². The number of carbonyl (C=O) groups excluding carboxylic acids is 2. The lowest BCUT2D eigenvalue weighted by Gasteiger charge is -2.32. The molecule has 0 saturated heterocycles. The Hall–Kier alpha value is -3.95. The molecule has 0 radical (unpaired) electrons. The van der Waals surface area contributed by atoms with E-state index in [0.717, 1.165) is 49.2 Å². The molecule has 1 aliphatic rings. The average Bonchev–Trinajstić information content (AvgIpc) is 3.35. The first-order valence-corrected chi connectivity index (χ1v) is 15.9. The van der Waals surface area contributed by atoms with E-state index in [2.05, 4.69) is 11.0 Å². The maximum atomic E-state index is 13.3. The van der Waals surface area contributed by atoms with E-state index < -0.39 is 29.0 Å². The third-order valence-electron chi connectivity index (χ3n) is 7.97. The van der Waals surface area contributed by atoms with Crippen molar-refractivity contribution in [3.05, 3.63) is 53.1 Å². The number of aliphatic carboxylic acids is 1. The van der Waals surface area contributed by atoms with E-state index in [1.165, 1.54) is 0 Å². The minimum atomic E-state index is -0.795. The Kier molecular flexibility index (Phi) is 12.1. The molecular weight excluding hydrogens is 574 g/mol. The molecule has 1 atom stereocenters. The van der Waals surface area contributed by atoms with Crippen LogP contribution in [0.1, 0.15) is 89.2 Å². The van der Waals surface area contributed by atoms with E-state index in [-0.39, 0.29) is 19.2 Å². The van der Waals surface area contributed by atoms with Gasteiger partial charge >= 0.3 is 12.1 Å². The Morgan fingerprint density at radius 2 is 1.71 bits per heavy atom. The molecule has 3 N–H and O–H groups in total. The molecule has 1 unspecified atom stereocenters. The van der Waals surface area contributed by atoms with Crippen molar-refractivity contribution in [1.29, 1.82) is 0 Å². The van der Waals surface area contributed by atoms with Crippen molar-refractivity contribution in [2.24, 2.45) is 11.1 Å². The van der Waals surface area contributed by atoms with E-state index in [1.54, 1.807) is 18.7 Å². The second kappa shape index (κ2) is 15.4. The third-order valence-corrected chi connectivity index (χ3v) is 7.97. The predicted octanol–water partition coefficient (Wildman–Crippen LogP) is 6.07. The van der Waals surface area contributed by atoms with E-state index in [0.29, 0.717) is 36.5 Å². The average molecular weight is 626 g/mol. The number of nitrogens with zero attached hydrogens (tertiary/aromatic N) is 2. The Bertz CT molecular complexity index is 1340. The van der Waals surface area contributed by atoms with Crippen LogP contribution in [-0.4, -0.2) is 72.5 Å². The van der Waals surface area contributed by atoms with Gasteiger partial charge in [0, 0.05) is 19.1 Å². The first kappa shape index (κ1) is 35.5. The zero-order chi connectivity index (χ0) is 33.4. The highest BCUT2D eigenvalue weighted by atomic mass is 16.6. The van der Waals surface area contributed by atoms with Gasteiger partial charge in [-0.25, -0.2) is 4.79 Å². The van der Waals surface area contributed by atoms with Crippen LogP contribution in [-0.2, 0) is 22.4 Å². The van der Waals surface area contributed by atoms with Crippen molar-refractivity contribution < 1.29 is 33.7 Å². The monoisotopic (exact) mass is 625 g/mol. The van der Waals surface area contributed by atoms with E-state index in [9.17, 15) is 19.5 Å². The second-order valence-corrected chi connectivity index (χ2v) is 13.4. The quantitative estimate of drug-likeness (QED) is 0.215. The summed E-state index contributed by atoms with van der Waals surface area (Å²) in [6.45, 7) is 15.4. The van der Waals surface area contributed by atoms with Crippen LogP contribution in [0.15, 0.2) is 36.4 Å². The van der Waals surface area contributed by atoms with Crippen LogP contribution >= 0.6 is 0 Å². The standard InChI is InChI=1S/C35H51N3O7/c1-8-43-28-13-9-10-14-29(28)44-20-19-38(33(42)45-34(3,4)5)24(2)21-25-22-26-15-18-37(30(26)27(23-25)31(36)39)17-12-11-16-35(6,7)32(40)41/h9-10,13-14,22-24H,8,11-12,15-21H2,1-7H3,(H2,36,39)(H,40,41). The normalized spacial score (nSPS) is 13.6. The van der Waals surface area contributed by atoms with Crippen LogP contribution in [0.3, 0.4) is 0 Å². The van der Waals surface area contributed by atoms with Gasteiger partial charge in [-0.3, -0.25) is 9.59 Å². The van der Waals surface area contributed by atoms with Gasteiger partial charge in [-0.15, -0.1) is 0 Å². The summed E-state index contributed by atoms with van der Waals surface area (Å²) in [5.74, 6) is -0.0374. The fourth-order valence-corrected chi connectivity index (χ4v) is 5.56. The fourth-order valence-electron chi connectivity index (χ4n) is 5.56. The number of hydrogen-bond acceptors (Lipinski definition) is 7. The van der Waals surface area contributed by atoms with Crippen LogP contribution in [0.2, 0.25) is 0 Å². The number of anilines is 1. The lowest BCUT2D eigenvalue weighted by molar-refractivity contribution is -0.147. The minimum Gasteiger partial charge on any atom is -0.490 e. The van der Waals surface area contributed by atoms with Gasteiger partial charge in [-0.2, -0.15) is 0 Å². The molecule has 2 aromatic rings. The SMILES string of the molecule is CCOc1ccccc1OCCN(C(=O)OC(C)(C)C)C(C)Cc1cc2c(c(C(N)=O)c1)N(CCCCC(C)(C)C(=O)O)CC2. The lowest BCUT2D eigenvalue weighted by Crippen LogP contribution is -2.45. The highest BCUT2D eigenvalue weighted by Gasteiger charge is 2.30. The number of fused-ring (bicyclic) bond motifs is 1. The number of unbranched alkanes of at least 4 members (excludes halogenated alkanes) is 1. The van der Waals surface area contributed by atoms with E-state index >= 15 is 0 Å². The number of carbonyl (C=O) groups is 3. The fraction of sp³-hybridized carbons (Fsp3) is 0.571. The van der Waals surface area contributed by atoms with Gasteiger partial charge in [-0.1, -0.05) is 24.6 Å². The smallest absolute Gasteiger partial charge is 0.410 e. The van der Waals surface area contributed by atoms with Gasteiger partial charge in [0.1, 0.15) is 12.2 Å². The van der Waals surface area contributed by atoms with Crippen molar-refractivity contribution in [3.8, 4) is 11.5 Å². The Balaban J connectivity index is 1.75. The maximum absolute atomic E-state index is 13.3. The topological polar surface area (TPSA) is 132 Å². The third kappa shape index (κ3) is 10.0. The van der Waals surface area contributed by atoms with Crippen LogP contribution in [0.4, 0.5) is 10.5 Å². The van der Waals surface area contributed by atoms with Crippen molar-refractivity contribution in [1.82, 2.24) is 4.90 Å². The Morgan fingerprint density at radius 3 is 2.31 bits per heavy atom. The molecule has 0 fully saturated rings. The minimum absolute atomic E-state index is 0.239. The molecule has 0 bridgehead atoms. The molecule has 2 amide bonds. The van der Waals surface area contributed by atoms with Crippen LogP contribution in [0.25, 0.3) is 0 Å². The zero-order valence-corrected chi connectivity index (χ0v) is 28.0. The molecule has 0 aliphatic carbocycles. The summed E-state index contributed by atoms with van der Waals surface area (Å²) in [4.78, 5) is 41.3. The molecule has 45 heavy (non-hydrogen) atoms. The highest BCUT2D eigenvalue weighted by molar-refractivity contribution is 6.00. The lowest BCUT2D eigenvalue weighted by atomic mass is 9.87. The van der Waals surface area contributed by atoms with Gasteiger partial charge < -0.3 is 34.9 Å². The largest absolute Gasteiger partial charge is 0.490 e. The number of hydrogen-bond donors (Lipinski definition) is 2. The number of amides is 2. The highest BCUT2D eigenvalue weighted by Crippen LogP contribution is 2.35. The molecule has 0 saturated carbocycles. The Morgan fingerprint density at radius 1 is 1.04 bits per heavy atom. The number of para-hydroxylation sites is 2. The van der Waals surface area contributed by atoms with Gasteiger partial charge in [0.15, 0.2) is 11.5 Å². The first-order valence-electron chi connectivity index (χ1n) is 15.9. The van der Waals surface area contributed by atoms with Gasteiger partial charge in [0.2, 0.25) is 0 Å². The van der Waals surface area contributed by atoms with Crippen molar-refractivity contribution in [2.45, 2.75) is 92.2 Å². The van der Waals surface area contributed by atoms with Crippen molar-refractivity contribution in [3.63, 3.8) is 0 Å². The summed E-state index contributed by atoms with van der Waals surface area (Å²) in [6.07, 6.45) is 3.00. The summed E-state index contributed by atoms with van der Waals surface area (Å²) in [7, 11) is 0. The molecule has 3 rings (SSSR count). The summed E-state index contributed by atoms with van der Waals surface area (Å²) in [5.41, 5.74) is 7.75. The first-order chi connectivity index (χ1) is 21.1. The van der Waals surface area contributed by atoms with E-state index in [1.807, 2.05) is 65.0 Å². The molecule has 0 spiro atoms. The summed E-state index contributed by atoms with van der Waals surface area (Å²) < 4.78 is 17.4. The Labute approximate surface area is 267 Å². The van der Waals surface area contributed by atoms with Gasteiger partial charge in [0.05, 0.1) is 29.8 Å². The van der Waals surface area contributed by atoms with Gasteiger partial charge in [0.25, 0.3) is 5.91 Å². The molecule has 0 aromatic heterocycles. The van der Waals surface area contributed by atoms with E-state index in [4.69, 9.17) is 19.9 Å². The molecule has 2 aromatic carbocycles. The summed E-state index contributed by atoms with van der Waals surface area (Å²) >= 11 is 0. The zero-order valence-electron chi connectivity index (χ0n) is 28.0. The van der Waals surface area contributed by atoms with Crippen LogP contribution in [0, 0.1) is 5.41 Å². The number of benzene rings is 2.